The van der Waals surface area contributed by atoms with E-state index in [0.717, 1.165) is 38.6 Å². The third kappa shape index (κ3) is 7.07. The average Bonchev–Trinajstić information content (AvgIpc) is 3.88. The molecule has 13 nitrogen and oxygen atoms in total. The minimum absolute atomic E-state index is 0.00502. The number of nitriles is 1. The van der Waals surface area contributed by atoms with Gasteiger partial charge in [-0.15, -0.1) is 11.3 Å². The first-order valence-corrected chi connectivity index (χ1v) is 21.5. The van der Waals surface area contributed by atoms with Gasteiger partial charge in [0.2, 0.25) is 0 Å². The highest BCUT2D eigenvalue weighted by molar-refractivity contribution is 7.23. The molecule has 2 amide bonds. The SMILES string of the molecule is CC(C)(C)OC(=O)Nc1sc2cccc(-c3nc4c5c(nc(OC[C@@]67CCCN6C[C@H](F)C7)nc5c3F)N3C[C@H]5CC[C@@H]([C@H]3CCC4)N5C(=O)OC(C)(C)C)c2c1C#N. The lowest BCUT2D eigenvalue weighted by molar-refractivity contribution is 0.00697. The fraction of sp³-hybridized carbons (Fsp3) is 0.581. The molecule has 0 radical (unpaired) electrons. The van der Waals surface area contributed by atoms with Gasteiger partial charge in [0.05, 0.1) is 40.3 Å². The first-order chi connectivity index (χ1) is 28.0. The molecule has 0 aliphatic carbocycles. The molecule has 0 spiro atoms. The minimum Gasteiger partial charge on any atom is -0.461 e. The lowest BCUT2D eigenvalue weighted by atomic mass is 9.92. The van der Waals surface area contributed by atoms with Crippen molar-refractivity contribution in [2.24, 2.45) is 0 Å². The topological polar surface area (TPSA) is 146 Å². The highest BCUT2D eigenvalue weighted by atomic mass is 32.1. The molecule has 2 bridgehead atoms. The number of nitrogens with zero attached hydrogens (tertiary/aromatic N) is 7. The summed E-state index contributed by atoms with van der Waals surface area (Å²) < 4.78 is 50.9. The molecular formula is C43H50F2N8O5S. The number of anilines is 2. The summed E-state index contributed by atoms with van der Waals surface area (Å²) in [5.41, 5.74) is -0.642. The van der Waals surface area contributed by atoms with Crippen LogP contribution >= 0.6 is 11.3 Å². The lowest BCUT2D eigenvalue weighted by Crippen LogP contribution is -2.62. The molecule has 16 heteroatoms. The monoisotopic (exact) mass is 828 g/mol. The van der Waals surface area contributed by atoms with Gasteiger partial charge in [-0.05, 0) is 99.1 Å². The van der Waals surface area contributed by atoms with Crippen LogP contribution in [0.2, 0.25) is 0 Å². The summed E-state index contributed by atoms with van der Waals surface area (Å²) in [4.78, 5) is 47.6. The molecule has 4 fully saturated rings. The van der Waals surface area contributed by atoms with Crippen molar-refractivity contribution < 1.29 is 32.6 Å². The van der Waals surface area contributed by atoms with Gasteiger partial charge in [0.25, 0.3) is 0 Å². The number of pyridine rings is 1. The first kappa shape index (κ1) is 39.6. The standard InChI is InChI=1S/C43H50F2N8O5S/c1-41(2,3)57-39(54)50-37-26(19-46)31-25(10-7-13-30(31)59-37)34-33(45)35-32-27(47-34)11-8-12-28-29-15-14-24(53(29)40(55)58-42(4,5)6)21-52(28)36(32)49-38(48-35)56-22-43-16-9-17-51(43)20-23(44)18-43/h7,10,13,23-24,28-29H,8-9,11-12,14-18,20-22H2,1-6H3,(H,50,54)/t23-,24-,28-,29+,43+/m1/s1. The number of carbonyl (C=O) groups excluding carboxylic acids is 2. The van der Waals surface area contributed by atoms with Crippen molar-refractivity contribution in [3.63, 3.8) is 0 Å². The molecule has 4 saturated heterocycles. The van der Waals surface area contributed by atoms with Gasteiger partial charge >= 0.3 is 18.2 Å². The molecule has 1 aromatic carbocycles. The number of nitrogens with one attached hydrogen (secondary N) is 1. The number of ether oxygens (including phenoxy) is 3. The number of aromatic nitrogens is 3. The molecule has 5 atom stereocenters. The second-order valence-electron chi connectivity index (χ2n) is 18.7. The molecular weight excluding hydrogens is 779 g/mol. The van der Waals surface area contributed by atoms with E-state index in [2.05, 4.69) is 21.2 Å². The third-order valence-corrected chi connectivity index (χ3v) is 13.4. The van der Waals surface area contributed by atoms with E-state index >= 15 is 4.39 Å². The second-order valence-corrected chi connectivity index (χ2v) is 19.7. The average molecular weight is 829 g/mol. The summed E-state index contributed by atoms with van der Waals surface area (Å²) in [6, 6.07) is 7.15. The van der Waals surface area contributed by atoms with E-state index in [1.54, 1.807) is 32.9 Å². The fourth-order valence-corrected chi connectivity index (χ4v) is 11.2. The molecule has 312 valence electrons. The van der Waals surface area contributed by atoms with Gasteiger partial charge in [-0.2, -0.15) is 15.2 Å². The predicted molar refractivity (Wildman–Crippen MR) is 220 cm³/mol. The smallest absolute Gasteiger partial charge is 0.412 e. The molecule has 4 aromatic rings. The highest BCUT2D eigenvalue weighted by Gasteiger charge is 2.52. The lowest BCUT2D eigenvalue weighted by Gasteiger charge is -2.48. The Morgan fingerprint density at radius 2 is 1.81 bits per heavy atom. The zero-order valence-electron chi connectivity index (χ0n) is 34.4. The Balaban J connectivity index is 1.17. The molecule has 5 aliphatic rings. The van der Waals surface area contributed by atoms with Crippen molar-refractivity contribution in [3.05, 3.63) is 35.3 Å². The zero-order chi connectivity index (χ0) is 41.6. The van der Waals surface area contributed by atoms with Gasteiger partial charge in [-0.25, -0.2) is 23.4 Å². The Morgan fingerprint density at radius 3 is 2.58 bits per heavy atom. The highest BCUT2D eigenvalue weighted by Crippen LogP contribution is 2.47. The van der Waals surface area contributed by atoms with Crippen LogP contribution in [0, 0.1) is 17.1 Å². The number of amides is 2. The summed E-state index contributed by atoms with van der Waals surface area (Å²) in [6.45, 7) is 12.6. The number of aryl methyl sites for hydroxylation is 1. The van der Waals surface area contributed by atoms with E-state index < -0.39 is 34.8 Å². The van der Waals surface area contributed by atoms with Crippen LogP contribution in [-0.4, -0.2) is 104 Å². The molecule has 0 saturated carbocycles. The van der Waals surface area contributed by atoms with Gasteiger partial charge < -0.3 is 19.1 Å². The van der Waals surface area contributed by atoms with Crippen LogP contribution in [0.25, 0.3) is 32.2 Å². The number of hydrogen-bond donors (Lipinski definition) is 1. The van der Waals surface area contributed by atoms with Crippen molar-refractivity contribution in [2.75, 3.05) is 36.5 Å². The molecule has 59 heavy (non-hydrogen) atoms. The number of benzene rings is 1. The number of thiophene rings is 1. The first-order valence-electron chi connectivity index (χ1n) is 20.7. The summed E-state index contributed by atoms with van der Waals surface area (Å²) in [5.74, 6) is -0.186. The van der Waals surface area contributed by atoms with Crippen LogP contribution in [0.3, 0.4) is 0 Å². The number of rotatable bonds is 5. The quantitative estimate of drug-likeness (QED) is 0.207. The maximum Gasteiger partial charge on any atom is 0.412 e. The Kier molecular flexibility index (Phi) is 9.66. The number of carbonyl (C=O) groups is 2. The van der Waals surface area contributed by atoms with Crippen LogP contribution in [0.4, 0.5) is 29.2 Å². The largest absolute Gasteiger partial charge is 0.461 e. The number of piperazine rings is 1. The number of halogens is 2. The fourth-order valence-electron chi connectivity index (χ4n) is 10.1. The Hall–Kier alpha value is -4.88. The van der Waals surface area contributed by atoms with Crippen molar-refractivity contribution in [1.29, 1.82) is 5.26 Å². The van der Waals surface area contributed by atoms with Crippen molar-refractivity contribution in [3.8, 4) is 23.3 Å². The summed E-state index contributed by atoms with van der Waals surface area (Å²) >= 11 is 1.20. The third-order valence-electron chi connectivity index (χ3n) is 12.3. The van der Waals surface area contributed by atoms with Gasteiger partial charge in [0.1, 0.15) is 52.1 Å². The van der Waals surface area contributed by atoms with Crippen molar-refractivity contribution >= 4 is 55.3 Å². The normalized spacial score (nSPS) is 25.3. The van der Waals surface area contributed by atoms with Gasteiger partial charge in [-0.3, -0.25) is 15.1 Å². The Morgan fingerprint density at radius 1 is 1.02 bits per heavy atom. The van der Waals surface area contributed by atoms with Crippen LogP contribution in [-0.2, 0) is 15.9 Å². The molecule has 3 aromatic heterocycles. The number of alkyl halides is 1. The summed E-state index contributed by atoms with van der Waals surface area (Å²) in [5, 5.41) is 14.4. The zero-order valence-corrected chi connectivity index (χ0v) is 35.2. The molecule has 8 heterocycles. The van der Waals surface area contributed by atoms with Crippen molar-refractivity contribution in [1.82, 2.24) is 24.8 Å². The minimum atomic E-state index is -0.950. The van der Waals surface area contributed by atoms with Gasteiger partial charge in [-0.1, -0.05) is 12.1 Å². The van der Waals surface area contributed by atoms with E-state index in [9.17, 15) is 19.2 Å². The van der Waals surface area contributed by atoms with E-state index in [4.69, 9.17) is 29.2 Å². The molecule has 1 N–H and O–H groups in total. The number of hydrogen-bond acceptors (Lipinski definition) is 12. The summed E-state index contributed by atoms with van der Waals surface area (Å²) in [7, 11) is 0. The van der Waals surface area contributed by atoms with Crippen LogP contribution in [0.15, 0.2) is 18.2 Å². The van der Waals surface area contributed by atoms with Crippen molar-refractivity contribution in [2.45, 2.75) is 134 Å². The Bertz CT molecular complexity index is 2410. The van der Waals surface area contributed by atoms with Crippen LogP contribution < -0.4 is 15.0 Å². The maximum absolute atomic E-state index is 17.7. The second kappa shape index (κ2) is 14.4. The number of fused-ring (bicyclic) bond motifs is 7. The van der Waals surface area contributed by atoms with E-state index in [0.29, 0.717) is 64.9 Å². The van der Waals surface area contributed by atoms with E-state index in [1.807, 2.05) is 31.7 Å². The van der Waals surface area contributed by atoms with E-state index in [-0.39, 0.29) is 58.6 Å². The maximum atomic E-state index is 17.7. The van der Waals surface area contributed by atoms with Gasteiger partial charge in [0.15, 0.2) is 5.82 Å². The molecule has 5 aliphatic heterocycles. The predicted octanol–water partition coefficient (Wildman–Crippen LogP) is 8.51. The van der Waals surface area contributed by atoms with Crippen LogP contribution in [0.1, 0.15) is 97.7 Å². The molecule has 0 unspecified atom stereocenters. The summed E-state index contributed by atoms with van der Waals surface area (Å²) in [6.07, 6.45) is 3.61. The van der Waals surface area contributed by atoms with Gasteiger partial charge in [0, 0.05) is 35.2 Å². The van der Waals surface area contributed by atoms with E-state index in [1.165, 1.54) is 11.3 Å². The molecule has 9 rings (SSSR count). The van der Waals surface area contributed by atoms with Crippen LogP contribution in [0.5, 0.6) is 6.01 Å². The Labute approximate surface area is 346 Å².